The highest BCUT2D eigenvalue weighted by Gasteiger charge is 2.06. The van der Waals surface area contributed by atoms with Crippen LogP contribution in [-0.2, 0) is 13.1 Å². The Hall–Kier alpha value is -1.68. The molecular weight excluding hydrogens is 253 g/mol. The van der Waals surface area contributed by atoms with Crippen molar-refractivity contribution < 1.29 is 4.39 Å². The van der Waals surface area contributed by atoms with Crippen LogP contribution in [0.3, 0.4) is 0 Å². The molecule has 20 heavy (non-hydrogen) atoms. The molecule has 2 aromatic rings. The Bertz CT molecular complexity index is 561. The first-order valence-corrected chi connectivity index (χ1v) is 7.02. The van der Waals surface area contributed by atoms with Crippen molar-refractivity contribution in [3.8, 4) is 0 Å². The van der Waals surface area contributed by atoms with E-state index in [-0.39, 0.29) is 5.82 Å². The zero-order valence-corrected chi connectivity index (χ0v) is 12.4. The molecule has 0 aliphatic heterocycles. The van der Waals surface area contributed by atoms with Crippen LogP contribution in [0, 0.1) is 18.7 Å². The van der Waals surface area contributed by atoms with Gasteiger partial charge in [0.1, 0.15) is 5.82 Å². The standard InChI is InChI=1S/C16H22FN3/c1-12(2)9-18-10-14-4-5-16(17)15(8-14)11-20-7-6-13(3)19-20/h4-8,12,18H,9-11H2,1-3H3. The quantitative estimate of drug-likeness (QED) is 0.878. The number of benzene rings is 1. The van der Waals surface area contributed by atoms with Crippen molar-refractivity contribution in [1.29, 1.82) is 0 Å². The monoisotopic (exact) mass is 275 g/mol. The summed E-state index contributed by atoms with van der Waals surface area (Å²) in [6, 6.07) is 7.21. The minimum atomic E-state index is -0.175. The Labute approximate surface area is 119 Å². The van der Waals surface area contributed by atoms with Gasteiger partial charge in [-0.25, -0.2) is 4.39 Å². The van der Waals surface area contributed by atoms with Crippen LogP contribution in [0.2, 0.25) is 0 Å². The lowest BCUT2D eigenvalue weighted by Gasteiger charge is -2.10. The van der Waals surface area contributed by atoms with Gasteiger partial charge in [0, 0.05) is 18.3 Å². The van der Waals surface area contributed by atoms with E-state index >= 15 is 0 Å². The zero-order valence-electron chi connectivity index (χ0n) is 12.4. The fourth-order valence-electron chi connectivity index (χ4n) is 2.09. The topological polar surface area (TPSA) is 29.9 Å². The largest absolute Gasteiger partial charge is 0.312 e. The van der Waals surface area contributed by atoms with Gasteiger partial charge in [-0.2, -0.15) is 5.10 Å². The maximum Gasteiger partial charge on any atom is 0.128 e. The SMILES string of the molecule is Cc1ccn(Cc2cc(CNCC(C)C)ccc2F)n1. The smallest absolute Gasteiger partial charge is 0.128 e. The maximum absolute atomic E-state index is 13.9. The highest BCUT2D eigenvalue weighted by Crippen LogP contribution is 2.12. The molecule has 0 amide bonds. The number of rotatable bonds is 6. The molecular formula is C16H22FN3. The van der Waals surface area contributed by atoms with Crippen LogP contribution in [0.1, 0.15) is 30.7 Å². The molecule has 1 N–H and O–H groups in total. The minimum Gasteiger partial charge on any atom is -0.312 e. The second-order valence-corrected chi connectivity index (χ2v) is 5.61. The van der Waals surface area contributed by atoms with Crippen molar-refractivity contribution in [2.24, 2.45) is 5.92 Å². The molecule has 0 saturated carbocycles. The van der Waals surface area contributed by atoms with Gasteiger partial charge in [-0.15, -0.1) is 0 Å². The summed E-state index contributed by atoms with van der Waals surface area (Å²) in [5, 5.41) is 7.67. The van der Waals surface area contributed by atoms with Crippen LogP contribution in [-0.4, -0.2) is 16.3 Å². The first-order valence-electron chi connectivity index (χ1n) is 7.02. The van der Waals surface area contributed by atoms with Crippen LogP contribution >= 0.6 is 0 Å². The second-order valence-electron chi connectivity index (χ2n) is 5.61. The number of hydrogen-bond acceptors (Lipinski definition) is 2. The van der Waals surface area contributed by atoms with Gasteiger partial charge in [0.05, 0.1) is 12.2 Å². The summed E-state index contributed by atoms with van der Waals surface area (Å²) >= 11 is 0. The molecule has 0 fully saturated rings. The molecule has 1 aromatic heterocycles. The second kappa shape index (κ2) is 6.66. The average Bonchev–Trinajstić information content (AvgIpc) is 2.78. The van der Waals surface area contributed by atoms with Gasteiger partial charge in [-0.05, 0) is 43.1 Å². The Morgan fingerprint density at radius 2 is 2.10 bits per heavy atom. The number of nitrogens with zero attached hydrogens (tertiary/aromatic N) is 2. The third-order valence-electron chi connectivity index (χ3n) is 3.10. The summed E-state index contributed by atoms with van der Waals surface area (Å²) in [5.74, 6) is 0.438. The van der Waals surface area contributed by atoms with E-state index in [1.165, 1.54) is 6.07 Å². The predicted octanol–water partition coefficient (Wildman–Crippen LogP) is 3.12. The predicted molar refractivity (Wildman–Crippen MR) is 79.0 cm³/mol. The van der Waals surface area contributed by atoms with Crippen molar-refractivity contribution in [3.05, 3.63) is 53.1 Å². The van der Waals surface area contributed by atoms with Crippen molar-refractivity contribution >= 4 is 0 Å². The summed E-state index contributed by atoms with van der Waals surface area (Å²) in [6.07, 6.45) is 1.87. The van der Waals surface area contributed by atoms with Gasteiger partial charge >= 0.3 is 0 Å². The third-order valence-corrected chi connectivity index (χ3v) is 3.10. The molecule has 1 heterocycles. The molecule has 0 radical (unpaired) electrons. The summed E-state index contributed by atoms with van der Waals surface area (Å²) in [5.41, 5.74) is 2.73. The molecule has 3 nitrogen and oxygen atoms in total. The van der Waals surface area contributed by atoms with E-state index in [0.29, 0.717) is 18.0 Å². The molecule has 2 rings (SSSR count). The van der Waals surface area contributed by atoms with Crippen LogP contribution in [0.4, 0.5) is 4.39 Å². The molecule has 0 aliphatic carbocycles. The first kappa shape index (κ1) is 14.7. The number of halogens is 1. The summed E-state index contributed by atoms with van der Waals surface area (Å²) in [4.78, 5) is 0. The molecule has 0 aliphatic rings. The number of hydrogen-bond donors (Lipinski definition) is 1. The Morgan fingerprint density at radius 1 is 1.30 bits per heavy atom. The van der Waals surface area contributed by atoms with Gasteiger partial charge in [-0.1, -0.05) is 19.9 Å². The number of aromatic nitrogens is 2. The minimum absolute atomic E-state index is 0.175. The van der Waals surface area contributed by atoms with E-state index < -0.39 is 0 Å². The van der Waals surface area contributed by atoms with E-state index in [1.807, 2.05) is 31.3 Å². The van der Waals surface area contributed by atoms with Gasteiger partial charge in [0.15, 0.2) is 0 Å². The highest BCUT2D eigenvalue weighted by molar-refractivity contribution is 5.25. The maximum atomic E-state index is 13.9. The van der Waals surface area contributed by atoms with Crippen molar-refractivity contribution in [1.82, 2.24) is 15.1 Å². The van der Waals surface area contributed by atoms with E-state index in [4.69, 9.17) is 0 Å². The number of aryl methyl sites for hydroxylation is 1. The highest BCUT2D eigenvalue weighted by atomic mass is 19.1. The van der Waals surface area contributed by atoms with Crippen LogP contribution in [0.5, 0.6) is 0 Å². The summed E-state index contributed by atoms with van der Waals surface area (Å²) in [7, 11) is 0. The molecule has 0 bridgehead atoms. The van der Waals surface area contributed by atoms with E-state index in [2.05, 4.69) is 24.3 Å². The fraction of sp³-hybridized carbons (Fsp3) is 0.438. The van der Waals surface area contributed by atoms with Crippen LogP contribution in [0.15, 0.2) is 30.5 Å². The summed E-state index contributed by atoms with van der Waals surface area (Å²) in [6.45, 7) is 8.47. The van der Waals surface area contributed by atoms with Gasteiger partial charge in [0.25, 0.3) is 0 Å². The van der Waals surface area contributed by atoms with Gasteiger partial charge in [-0.3, -0.25) is 4.68 Å². The first-order chi connectivity index (χ1) is 9.54. The fourth-order valence-corrected chi connectivity index (χ4v) is 2.09. The molecule has 0 atom stereocenters. The third kappa shape index (κ3) is 4.17. The molecule has 0 spiro atoms. The van der Waals surface area contributed by atoms with E-state index in [0.717, 1.165) is 24.3 Å². The lowest BCUT2D eigenvalue weighted by Crippen LogP contribution is -2.19. The Morgan fingerprint density at radius 3 is 2.75 bits per heavy atom. The normalized spacial score (nSPS) is 11.2. The molecule has 4 heteroatoms. The lowest BCUT2D eigenvalue weighted by molar-refractivity contribution is 0.549. The Balaban J connectivity index is 2.04. The van der Waals surface area contributed by atoms with Crippen molar-refractivity contribution in [2.45, 2.75) is 33.9 Å². The molecule has 108 valence electrons. The van der Waals surface area contributed by atoms with Crippen molar-refractivity contribution in [3.63, 3.8) is 0 Å². The van der Waals surface area contributed by atoms with E-state index in [1.54, 1.807) is 4.68 Å². The lowest BCUT2D eigenvalue weighted by atomic mass is 10.1. The zero-order chi connectivity index (χ0) is 14.5. The van der Waals surface area contributed by atoms with Gasteiger partial charge in [0.2, 0.25) is 0 Å². The molecule has 0 unspecified atom stereocenters. The van der Waals surface area contributed by atoms with Crippen LogP contribution < -0.4 is 5.32 Å². The van der Waals surface area contributed by atoms with Gasteiger partial charge < -0.3 is 5.32 Å². The van der Waals surface area contributed by atoms with Crippen molar-refractivity contribution in [2.75, 3.05) is 6.54 Å². The van der Waals surface area contributed by atoms with E-state index in [9.17, 15) is 4.39 Å². The average molecular weight is 275 g/mol. The Kier molecular flexibility index (Phi) is 4.90. The number of nitrogens with one attached hydrogen (secondary N) is 1. The molecule has 1 aromatic carbocycles. The molecule has 0 saturated heterocycles. The van der Waals surface area contributed by atoms with Crippen LogP contribution in [0.25, 0.3) is 0 Å². The summed E-state index contributed by atoms with van der Waals surface area (Å²) < 4.78 is 15.6.